The van der Waals surface area contributed by atoms with E-state index in [1.54, 1.807) is 38.1 Å². The van der Waals surface area contributed by atoms with E-state index in [9.17, 15) is 23.9 Å². The molecule has 0 spiro atoms. The largest absolute Gasteiger partial charge is 0.507 e. The summed E-state index contributed by atoms with van der Waals surface area (Å²) in [4.78, 5) is 44.2. The smallest absolute Gasteiger partial charge is 0.350 e. The molecule has 1 amide bonds. The van der Waals surface area contributed by atoms with Crippen molar-refractivity contribution in [2.45, 2.75) is 19.9 Å². The van der Waals surface area contributed by atoms with Gasteiger partial charge in [0.1, 0.15) is 22.2 Å². The highest BCUT2D eigenvalue weighted by Crippen LogP contribution is 2.44. The SMILES string of the molecule is COC(=O)c1sc(N2C(=O)C(=O)C(=C(O)c3ccc(C)c(F)c3)C2c2cccc(OC)c2)nc1C. The number of benzene rings is 2. The van der Waals surface area contributed by atoms with Crippen molar-refractivity contribution in [1.82, 2.24) is 4.98 Å². The third-order valence-electron chi connectivity index (χ3n) is 5.66. The summed E-state index contributed by atoms with van der Waals surface area (Å²) in [6.45, 7) is 3.15. The second kappa shape index (κ2) is 9.30. The minimum atomic E-state index is -1.11. The van der Waals surface area contributed by atoms with Crippen LogP contribution in [0.4, 0.5) is 9.52 Å². The molecular formula is C25H21FN2O6S. The number of aliphatic hydroxyl groups excluding tert-OH is 1. The van der Waals surface area contributed by atoms with E-state index in [1.165, 1.54) is 26.4 Å². The van der Waals surface area contributed by atoms with Crippen molar-refractivity contribution < 1.29 is 33.4 Å². The number of anilines is 1. The van der Waals surface area contributed by atoms with Gasteiger partial charge in [-0.2, -0.15) is 0 Å². The number of methoxy groups -OCH3 is 2. The molecule has 1 fully saturated rings. The van der Waals surface area contributed by atoms with Crippen molar-refractivity contribution in [1.29, 1.82) is 0 Å². The summed E-state index contributed by atoms with van der Waals surface area (Å²) >= 11 is 0.889. The number of aryl methyl sites for hydroxylation is 2. The molecule has 1 N–H and O–H groups in total. The molecule has 10 heteroatoms. The summed E-state index contributed by atoms with van der Waals surface area (Å²) < 4.78 is 24.3. The lowest BCUT2D eigenvalue weighted by Gasteiger charge is -2.23. The van der Waals surface area contributed by atoms with E-state index < -0.39 is 35.3 Å². The second-order valence-electron chi connectivity index (χ2n) is 7.81. The van der Waals surface area contributed by atoms with Crippen LogP contribution in [0.1, 0.15) is 38.1 Å². The van der Waals surface area contributed by atoms with Crippen LogP contribution >= 0.6 is 11.3 Å². The molecule has 1 unspecified atom stereocenters. The molecule has 0 radical (unpaired) electrons. The molecule has 0 bridgehead atoms. The molecular weight excluding hydrogens is 475 g/mol. The summed E-state index contributed by atoms with van der Waals surface area (Å²) in [5.41, 5.74) is 0.942. The Kier molecular flexibility index (Phi) is 6.40. The summed E-state index contributed by atoms with van der Waals surface area (Å²) in [6, 6.07) is 9.57. The monoisotopic (exact) mass is 496 g/mol. The first-order chi connectivity index (χ1) is 16.7. The standard InChI is InChI=1S/C25H21FN2O6S/c1-12-8-9-15(11-17(12)26)20(29)18-19(14-6-5-7-16(10-14)33-3)28(23(31)21(18)30)25-27-13(2)22(35-25)24(32)34-4/h5-11,19,29H,1-4H3. The van der Waals surface area contributed by atoms with Gasteiger partial charge in [-0.25, -0.2) is 14.2 Å². The number of rotatable bonds is 5. The van der Waals surface area contributed by atoms with Gasteiger partial charge in [0.05, 0.1) is 31.5 Å². The number of carbonyl (C=O) groups excluding carboxylic acids is 3. The van der Waals surface area contributed by atoms with Crippen molar-refractivity contribution in [2.75, 3.05) is 19.1 Å². The van der Waals surface area contributed by atoms with E-state index in [-0.39, 0.29) is 21.1 Å². The molecule has 1 aromatic heterocycles. The van der Waals surface area contributed by atoms with Crippen molar-refractivity contribution in [3.05, 3.63) is 81.1 Å². The molecule has 1 atom stereocenters. The maximum absolute atomic E-state index is 14.3. The topological polar surface area (TPSA) is 106 Å². The number of Topliss-reactive ketones (excluding diaryl/α,β-unsaturated/α-hetero) is 1. The van der Waals surface area contributed by atoms with E-state index >= 15 is 0 Å². The van der Waals surface area contributed by atoms with Crippen molar-refractivity contribution in [2.24, 2.45) is 0 Å². The van der Waals surface area contributed by atoms with E-state index in [1.807, 2.05) is 0 Å². The molecule has 0 saturated carbocycles. The number of amides is 1. The first kappa shape index (κ1) is 24.1. The Morgan fingerprint density at radius 1 is 1.14 bits per heavy atom. The molecule has 35 heavy (non-hydrogen) atoms. The number of aromatic nitrogens is 1. The molecule has 1 saturated heterocycles. The minimum Gasteiger partial charge on any atom is -0.507 e. The van der Waals surface area contributed by atoms with Crippen LogP contribution in [0.25, 0.3) is 5.76 Å². The Morgan fingerprint density at radius 2 is 1.89 bits per heavy atom. The van der Waals surface area contributed by atoms with Gasteiger partial charge in [0, 0.05) is 5.56 Å². The molecule has 8 nitrogen and oxygen atoms in total. The number of esters is 1. The van der Waals surface area contributed by atoms with Gasteiger partial charge in [-0.05, 0) is 43.2 Å². The maximum atomic E-state index is 14.3. The average Bonchev–Trinajstić information content (AvgIpc) is 3.36. The van der Waals surface area contributed by atoms with E-state index in [0.29, 0.717) is 22.6 Å². The number of hydrogen-bond acceptors (Lipinski definition) is 8. The summed E-state index contributed by atoms with van der Waals surface area (Å²) in [6.07, 6.45) is 0. The third-order valence-corrected chi connectivity index (χ3v) is 6.80. The zero-order valence-electron chi connectivity index (χ0n) is 19.3. The Balaban J connectivity index is 1.96. The van der Waals surface area contributed by atoms with Gasteiger partial charge in [0.15, 0.2) is 5.13 Å². The molecule has 1 aliphatic heterocycles. The average molecular weight is 497 g/mol. The Morgan fingerprint density at radius 3 is 2.54 bits per heavy atom. The van der Waals surface area contributed by atoms with E-state index in [2.05, 4.69) is 4.98 Å². The predicted molar refractivity (Wildman–Crippen MR) is 127 cm³/mol. The van der Waals surface area contributed by atoms with Crippen LogP contribution in [0.5, 0.6) is 5.75 Å². The number of nitrogens with zero attached hydrogens (tertiary/aromatic N) is 2. The third kappa shape index (κ3) is 4.17. The number of ether oxygens (including phenoxy) is 2. The van der Waals surface area contributed by atoms with E-state index in [4.69, 9.17) is 9.47 Å². The van der Waals surface area contributed by atoms with Gasteiger partial charge in [-0.1, -0.05) is 35.6 Å². The molecule has 3 aromatic rings. The molecule has 2 aromatic carbocycles. The normalized spacial score (nSPS) is 17.1. The Bertz CT molecular complexity index is 1400. The number of halogens is 1. The van der Waals surface area contributed by atoms with Gasteiger partial charge >= 0.3 is 11.9 Å². The van der Waals surface area contributed by atoms with Gasteiger partial charge in [-0.3, -0.25) is 14.5 Å². The number of hydrogen-bond donors (Lipinski definition) is 1. The molecule has 1 aliphatic rings. The van der Waals surface area contributed by atoms with Crippen LogP contribution < -0.4 is 9.64 Å². The zero-order valence-corrected chi connectivity index (χ0v) is 20.1. The Labute approximate surface area is 204 Å². The van der Waals surface area contributed by atoms with Gasteiger partial charge in [-0.15, -0.1) is 0 Å². The van der Waals surface area contributed by atoms with Gasteiger partial charge in [0.25, 0.3) is 5.78 Å². The fourth-order valence-electron chi connectivity index (χ4n) is 3.82. The van der Waals surface area contributed by atoms with Gasteiger partial charge < -0.3 is 14.6 Å². The maximum Gasteiger partial charge on any atom is 0.350 e. The number of carbonyl (C=O) groups is 3. The lowest BCUT2D eigenvalue weighted by atomic mass is 9.95. The Hall–Kier alpha value is -4.05. The van der Waals surface area contributed by atoms with Gasteiger partial charge in [0.2, 0.25) is 0 Å². The summed E-state index contributed by atoms with van der Waals surface area (Å²) in [5, 5.41) is 11.2. The molecule has 4 rings (SSSR count). The quantitative estimate of drug-likeness (QED) is 0.243. The van der Waals surface area contributed by atoms with Crippen LogP contribution in [0.15, 0.2) is 48.0 Å². The summed E-state index contributed by atoms with van der Waals surface area (Å²) in [7, 11) is 2.70. The number of aliphatic hydroxyl groups is 1. The van der Waals surface area contributed by atoms with E-state index in [0.717, 1.165) is 22.3 Å². The highest BCUT2D eigenvalue weighted by Gasteiger charge is 2.48. The molecule has 180 valence electrons. The van der Waals surface area contributed by atoms with Crippen LogP contribution in [-0.2, 0) is 14.3 Å². The highest BCUT2D eigenvalue weighted by molar-refractivity contribution is 7.17. The van der Waals surface area contributed by atoms with Crippen molar-refractivity contribution in [3.63, 3.8) is 0 Å². The molecule has 0 aliphatic carbocycles. The minimum absolute atomic E-state index is 0.0459. The summed E-state index contributed by atoms with van der Waals surface area (Å²) in [5.74, 6) is -3.18. The number of ketones is 1. The van der Waals surface area contributed by atoms with Crippen LogP contribution in [0.3, 0.4) is 0 Å². The van der Waals surface area contributed by atoms with Crippen LogP contribution in [0, 0.1) is 19.7 Å². The number of thiazole rings is 1. The van der Waals surface area contributed by atoms with Crippen molar-refractivity contribution >= 4 is 39.9 Å². The first-order valence-electron chi connectivity index (χ1n) is 10.4. The first-order valence-corrected chi connectivity index (χ1v) is 11.3. The zero-order chi connectivity index (χ0) is 25.4. The van der Waals surface area contributed by atoms with Crippen LogP contribution in [0.2, 0.25) is 0 Å². The van der Waals surface area contributed by atoms with Crippen LogP contribution in [-0.4, -0.2) is 42.0 Å². The fourth-order valence-corrected chi connectivity index (χ4v) is 4.83. The predicted octanol–water partition coefficient (Wildman–Crippen LogP) is 4.32. The van der Waals surface area contributed by atoms with Crippen molar-refractivity contribution in [3.8, 4) is 5.75 Å². The lowest BCUT2D eigenvalue weighted by Crippen LogP contribution is -2.29. The molecule has 2 heterocycles. The fraction of sp³-hybridized carbons (Fsp3) is 0.200. The lowest BCUT2D eigenvalue weighted by molar-refractivity contribution is -0.132. The second-order valence-corrected chi connectivity index (χ2v) is 8.79. The highest BCUT2D eigenvalue weighted by atomic mass is 32.1.